The Kier molecular flexibility index (Phi) is 2.90. The Bertz CT molecular complexity index is 589. The van der Waals surface area contributed by atoms with Crippen molar-refractivity contribution in [1.29, 1.82) is 0 Å². The largest absolute Gasteiger partial charge is 0.418 e. The molecule has 0 unspecified atom stereocenters. The summed E-state index contributed by atoms with van der Waals surface area (Å²) in [5.74, 6) is -0.356. The number of alkyl halides is 3. The molecule has 0 atom stereocenters. The fraction of sp³-hybridized carbons (Fsp3) is 0.182. The first kappa shape index (κ1) is 12.3. The summed E-state index contributed by atoms with van der Waals surface area (Å²) in [6.07, 6.45) is -3.31. The highest BCUT2D eigenvalue weighted by molar-refractivity contribution is 5.91. The second-order valence-electron chi connectivity index (χ2n) is 3.62. The highest BCUT2D eigenvalue weighted by Gasteiger charge is 2.34. The minimum atomic E-state index is -4.49. The van der Waals surface area contributed by atoms with Crippen molar-refractivity contribution in [3.63, 3.8) is 0 Å². The number of carbonyl (C=O) groups excluding carboxylic acids is 1. The Hall–Kier alpha value is -2.18. The summed E-state index contributed by atoms with van der Waals surface area (Å²) >= 11 is 0. The molecule has 0 aliphatic rings. The van der Waals surface area contributed by atoms with Crippen molar-refractivity contribution in [3.8, 4) is 5.69 Å². The van der Waals surface area contributed by atoms with E-state index in [2.05, 4.69) is 10.3 Å². The first-order chi connectivity index (χ1) is 8.39. The van der Waals surface area contributed by atoms with Crippen molar-refractivity contribution in [2.75, 3.05) is 0 Å². The molecule has 0 N–H and O–H groups in total. The number of Topliss-reactive ketones (excluding diaryl/α,β-unsaturated/α-hetero) is 1. The topological polar surface area (TPSA) is 47.8 Å². The van der Waals surface area contributed by atoms with Gasteiger partial charge in [-0.15, -0.1) is 5.10 Å². The summed E-state index contributed by atoms with van der Waals surface area (Å²) in [5.41, 5.74) is -0.970. The van der Waals surface area contributed by atoms with Crippen molar-refractivity contribution >= 4 is 5.78 Å². The van der Waals surface area contributed by atoms with Gasteiger partial charge in [0.1, 0.15) is 5.69 Å². The smallest absolute Gasteiger partial charge is 0.293 e. The molecular weight excluding hydrogens is 247 g/mol. The molecule has 94 valence electrons. The molecule has 0 amide bonds. The monoisotopic (exact) mass is 255 g/mol. The summed E-state index contributed by atoms with van der Waals surface area (Å²) in [4.78, 5) is 11.0. The van der Waals surface area contributed by atoms with Gasteiger partial charge in [0, 0.05) is 6.92 Å². The third-order valence-corrected chi connectivity index (χ3v) is 2.31. The van der Waals surface area contributed by atoms with Crippen LogP contribution in [-0.4, -0.2) is 20.8 Å². The molecule has 18 heavy (non-hydrogen) atoms. The van der Waals surface area contributed by atoms with Crippen LogP contribution in [0.25, 0.3) is 5.69 Å². The van der Waals surface area contributed by atoms with Gasteiger partial charge in [-0.05, 0) is 12.1 Å². The molecule has 0 bridgehead atoms. The Labute approximate surface area is 100 Å². The first-order valence-corrected chi connectivity index (χ1v) is 4.99. The molecule has 1 aromatic heterocycles. The zero-order valence-electron chi connectivity index (χ0n) is 9.27. The van der Waals surface area contributed by atoms with Gasteiger partial charge in [0.2, 0.25) is 0 Å². The lowest BCUT2D eigenvalue weighted by Crippen LogP contribution is -2.11. The molecule has 0 spiro atoms. The van der Waals surface area contributed by atoms with Crippen LogP contribution >= 0.6 is 0 Å². The predicted molar refractivity (Wildman–Crippen MR) is 56.4 cm³/mol. The molecule has 1 aromatic carbocycles. The number of ketones is 1. The number of aromatic nitrogens is 3. The van der Waals surface area contributed by atoms with Crippen LogP contribution in [0.4, 0.5) is 13.2 Å². The Morgan fingerprint density at radius 1 is 1.28 bits per heavy atom. The maximum absolute atomic E-state index is 12.8. The van der Waals surface area contributed by atoms with E-state index in [9.17, 15) is 18.0 Å². The molecule has 0 radical (unpaired) electrons. The van der Waals surface area contributed by atoms with E-state index in [-0.39, 0.29) is 17.2 Å². The van der Waals surface area contributed by atoms with E-state index in [1.807, 2.05) is 0 Å². The second kappa shape index (κ2) is 4.25. The van der Waals surface area contributed by atoms with Crippen LogP contribution in [0.2, 0.25) is 0 Å². The van der Waals surface area contributed by atoms with Gasteiger partial charge in [-0.1, -0.05) is 17.3 Å². The molecule has 4 nitrogen and oxygen atoms in total. The van der Waals surface area contributed by atoms with E-state index in [4.69, 9.17) is 0 Å². The van der Waals surface area contributed by atoms with Crippen molar-refractivity contribution in [2.45, 2.75) is 13.1 Å². The molecular formula is C11H8F3N3O. The number of para-hydroxylation sites is 1. The molecule has 1 heterocycles. The molecule has 2 aromatic rings. The Morgan fingerprint density at radius 3 is 2.50 bits per heavy atom. The Morgan fingerprint density at radius 2 is 1.94 bits per heavy atom. The fourth-order valence-electron chi connectivity index (χ4n) is 1.46. The zero-order valence-corrected chi connectivity index (χ0v) is 9.27. The first-order valence-electron chi connectivity index (χ1n) is 4.99. The third-order valence-electron chi connectivity index (χ3n) is 2.31. The average Bonchev–Trinajstić information content (AvgIpc) is 2.77. The zero-order chi connectivity index (χ0) is 13.3. The fourth-order valence-corrected chi connectivity index (χ4v) is 1.46. The Balaban J connectivity index is 2.53. The van der Waals surface area contributed by atoms with Crippen molar-refractivity contribution in [2.24, 2.45) is 0 Å². The number of nitrogens with zero attached hydrogens (tertiary/aromatic N) is 3. The van der Waals surface area contributed by atoms with Gasteiger partial charge in [0.15, 0.2) is 5.78 Å². The van der Waals surface area contributed by atoms with E-state index in [0.717, 1.165) is 10.7 Å². The van der Waals surface area contributed by atoms with Crippen LogP contribution < -0.4 is 0 Å². The van der Waals surface area contributed by atoms with Crippen molar-refractivity contribution < 1.29 is 18.0 Å². The molecule has 2 rings (SSSR count). The number of hydrogen-bond donors (Lipinski definition) is 0. The van der Waals surface area contributed by atoms with Gasteiger partial charge < -0.3 is 0 Å². The quantitative estimate of drug-likeness (QED) is 0.774. The predicted octanol–water partition coefficient (Wildman–Crippen LogP) is 2.49. The normalized spacial score (nSPS) is 11.6. The van der Waals surface area contributed by atoms with Gasteiger partial charge in [0.05, 0.1) is 17.4 Å². The van der Waals surface area contributed by atoms with Crippen LogP contribution in [0.15, 0.2) is 30.5 Å². The van der Waals surface area contributed by atoms with Crippen molar-refractivity contribution in [3.05, 3.63) is 41.7 Å². The summed E-state index contributed by atoms with van der Waals surface area (Å²) < 4.78 is 39.3. The molecule has 0 fully saturated rings. The summed E-state index contributed by atoms with van der Waals surface area (Å²) in [6.45, 7) is 1.27. The number of benzene rings is 1. The van der Waals surface area contributed by atoms with E-state index in [1.165, 1.54) is 31.3 Å². The number of carbonyl (C=O) groups is 1. The molecule has 0 saturated carbocycles. The summed E-state index contributed by atoms with van der Waals surface area (Å²) in [6, 6.07) is 4.96. The SMILES string of the molecule is CC(=O)c1cn(-c2ccccc2C(F)(F)F)nn1. The summed E-state index contributed by atoms with van der Waals surface area (Å²) in [7, 11) is 0. The van der Waals surface area contributed by atoms with Crippen LogP contribution in [0.1, 0.15) is 23.0 Å². The lowest BCUT2D eigenvalue weighted by Gasteiger charge is -2.11. The van der Waals surface area contributed by atoms with Crippen molar-refractivity contribution in [1.82, 2.24) is 15.0 Å². The van der Waals surface area contributed by atoms with Gasteiger partial charge in [-0.3, -0.25) is 4.79 Å². The van der Waals surface area contributed by atoms with E-state index >= 15 is 0 Å². The van der Waals surface area contributed by atoms with Crippen LogP contribution in [0.5, 0.6) is 0 Å². The molecule has 0 aliphatic carbocycles. The number of halogens is 3. The standard InChI is InChI=1S/C11H8F3N3O/c1-7(18)9-6-17(16-15-9)10-5-3-2-4-8(10)11(12,13)14/h2-6H,1H3. The second-order valence-corrected chi connectivity index (χ2v) is 3.62. The van der Waals surface area contributed by atoms with Gasteiger partial charge >= 0.3 is 6.18 Å². The molecule has 7 heteroatoms. The lowest BCUT2D eigenvalue weighted by atomic mass is 10.1. The van der Waals surface area contributed by atoms with E-state index in [1.54, 1.807) is 0 Å². The average molecular weight is 255 g/mol. The minimum Gasteiger partial charge on any atom is -0.293 e. The minimum absolute atomic E-state index is 0.0203. The maximum atomic E-state index is 12.8. The third kappa shape index (κ3) is 2.24. The molecule has 0 aliphatic heterocycles. The van der Waals surface area contributed by atoms with Gasteiger partial charge in [-0.25, -0.2) is 4.68 Å². The number of hydrogen-bond acceptors (Lipinski definition) is 3. The van der Waals surface area contributed by atoms with E-state index < -0.39 is 11.7 Å². The summed E-state index contributed by atoms with van der Waals surface area (Å²) in [5, 5.41) is 7.04. The van der Waals surface area contributed by atoms with Crippen LogP contribution in [-0.2, 0) is 6.18 Å². The number of rotatable bonds is 2. The van der Waals surface area contributed by atoms with Crippen LogP contribution in [0, 0.1) is 0 Å². The van der Waals surface area contributed by atoms with Gasteiger partial charge in [-0.2, -0.15) is 13.2 Å². The molecule has 0 saturated heterocycles. The van der Waals surface area contributed by atoms with Gasteiger partial charge in [0.25, 0.3) is 0 Å². The maximum Gasteiger partial charge on any atom is 0.418 e. The highest BCUT2D eigenvalue weighted by Crippen LogP contribution is 2.33. The highest BCUT2D eigenvalue weighted by atomic mass is 19.4. The van der Waals surface area contributed by atoms with E-state index in [0.29, 0.717) is 0 Å². The van der Waals surface area contributed by atoms with Crippen LogP contribution in [0.3, 0.4) is 0 Å². The lowest BCUT2D eigenvalue weighted by molar-refractivity contribution is -0.137.